The Kier molecular flexibility index (Phi) is 3.94. The second kappa shape index (κ2) is 6.16. The molecule has 0 radical (unpaired) electrons. The van der Waals surface area contributed by atoms with Crippen LogP contribution in [0.4, 0.5) is 5.95 Å². The lowest BCUT2D eigenvalue weighted by atomic mass is 10.1. The summed E-state index contributed by atoms with van der Waals surface area (Å²) in [5.41, 5.74) is 1.54. The van der Waals surface area contributed by atoms with Gasteiger partial charge in [0.05, 0.1) is 6.04 Å². The minimum absolute atomic E-state index is 0.130. The fourth-order valence-electron chi connectivity index (χ4n) is 3.80. The Morgan fingerprint density at radius 3 is 2.42 bits per heavy atom. The van der Waals surface area contributed by atoms with Crippen LogP contribution >= 0.6 is 0 Å². The molecule has 4 rings (SSSR count). The predicted molar refractivity (Wildman–Crippen MR) is 102 cm³/mol. The molecule has 0 amide bonds. The fraction of sp³-hybridized carbons (Fsp3) is 0.421. The lowest BCUT2D eigenvalue weighted by Crippen LogP contribution is -2.37. The molecule has 136 valence electrons. The number of imidazole rings is 1. The van der Waals surface area contributed by atoms with E-state index in [-0.39, 0.29) is 17.3 Å². The second-order valence-electron chi connectivity index (χ2n) is 6.93. The van der Waals surface area contributed by atoms with Crippen LogP contribution in [-0.2, 0) is 20.6 Å². The molecule has 1 aromatic carbocycles. The van der Waals surface area contributed by atoms with E-state index in [0.29, 0.717) is 11.2 Å². The maximum absolute atomic E-state index is 12.8. The maximum Gasteiger partial charge on any atom is 0.332 e. The Hall–Kier alpha value is -2.83. The van der Waals surface area contributed by atoms with Crippen LogP contribution in [0.2, 0.25) is 0 Å². The molecule has 1 aliphatic rings. The summed E-state index contributed by atoms with van der Waals surface area (Å²) in [7, 11) is 3.19. The summed E-state index contributed by atoms with van der Waals surface area (Å²) in [5.74, 6) is 0.771. The molecule has 0 saturated heterocycles. The first kappa shape index (κ1) is 16.6. The summed E-state index contributed by atoms with van der Waals surface area (Å²) >= 11 is 0. The third-order valence-corrected chi connectivity index (χ3v) is 5.36. The molecule has 3 aromatic rings. The van der Waals surface area contributed by atoms with E-state index in [1.165, 1.54) is 17.2 Å². The highest BCUT2D eigenvalue weighted by Gasteiger charge is 2.27. The van der Waals surface area contributed by atoms with Gasteiger partial charge >= 0.3 is 5.69 Å². The third-order valence-electron chi connectivity index (χ3n) is 5.36. The molecule has 1 atom stereocenters. The summed E-state index contributed by atoms with van der Waals surface area (Å²) in [4.78, 5) is 32.0. The number of aromatic nitrogens is 4. The molecule has 1 unspecified atom stereocenters. The first-order valence-electron chi connectivity index (χ1n) is 8.98. The molecule has 0 bridgehead atoms. The number of hydrogen-bond acceptors (Lipinski definition) is 4. The van der Waals surface area contributed by atoms with Gasteiger partial charge in [0.1, 0.15) is 0 Å². The zero-order valence-corrected chi connectivity index (χ0v) is 15.3. The van der Waals surface area contributed by atoms with E-state index >= 15 is 0 Å². The van der Waals surface area contributed by atoms with E-state index in [9.17, 15) is 9.59 Å². The highest BCUT2D eigenvalue weighted by Crippen LogP contribution is 2.31. The Morgan fingerprint density at radius 2 is 1.69 bits per heavy atom. The van der Waals surface area contributed by atoms with E-state index in [0.717, 1.165) is 36.4 Å². The van der Waals surface area contributed by atoms with Gasteiger partial charge in [-0.15, -0.1) is 0 Å². The lowest BCUT2D eigenvalue weighted by Gasteiger charge is -2.29. The Morgan fingerprint density at radius 1 is 1.00 bits per heavy atom. The van der Waals surface area contributed by atoms with Crippen molar-refractivity contribution in [2.24, 2.45) is 14.1 Å². The monoisotopic (exact) mass is 353 g/mol. The van der Waals surface area contributed by atoms with Crippen molar-refractivity contribution >= 4 is 17.1 Å². The minimum atomic E-state index is -0.349. The maximum atomic E-state index is 12.8. The largest absolute Gasteiger partial charge is 0.335 e. The molecule has 0 spiro atoms. The molecule has 26 heavy (non-hydrogen) atoms. The fourth-order valence-corrected chi connectivity index (χ4v) is 3.80. The van der Waals surface area contributed by atoms with Crippen LogP contribution < -0.4 is 16.1 Å². The average molecular weight is 353 g/mol. The molecule has 0 N–H and O–H groups in total. The van der Waals surface area contributed by atoms with Crippen LogP contribution in [0.25, 0.3) is 11.2 Å². The number of benzene rings is 1. The van der Waals surface area contributed by atoms with Gasteiger partial charge in [-0.3, -0.25) is 13.9 Å². The predicted octanol–water partition coefficient (Wildman–Crippen LogP) is 1.80. The van der Waals surface area contributed by atoms with Crippen LogP contribution in [0.5, 0.6) is 0 Å². The number of rotatable bonds is 2. The van der Waals surface area contributed by atoms with Crippen molar-refractivity contribution in [2.75, 3.05) is 11.4 Å². The zero-order valence-electron chi connectivity index (χ0n) is 15.3. The van der Waals surface area contributed by atoms with Crippen molar-refractivity contribution < 1.29 is 0 Å². The van der Waals surface area contributed by atoms with Gasteiger partial charge in [-0.05, 0) is 25.3 Å². The molecule has 7 heteroatoms. The van der Waals surface area contributed by atoms with E-state index in [1.54, 1.807) is 7.05 Å². The lowest BCUT2D eigenvalue weighted by molar-refractivity contribution is 0.633. The first-order chi connectivity index (χ1) is 12.5. The molecule has 0 aliphatic carbocycles. The smallest absolute Gasteiger partial charge is 0.332 e. The molecule has 3 heterocycles. The van der Waals surface area contributed by atoms with Gasteiger partial charge in [0.2, 0.25) is 5.95 Å². The van der Waals surface area contributed by atoms with Crippen molar-refractivity contribution in [3.63, 3.8) is 0 Å². The van der Waals surface area contributed by atoms with Crippen LogP contribution in [0.15, 0.2) is 39.9 Å². The van der Waals surface area contributed by atoms with Crippen molar-refractivity contribution in [3.05, 3.63) is 56.7 Å². The molecule has 1 aliphatic heterocycles. The molecule has 2 aromatic heterocycles. The minimum Gasteiger partial charge on any atom is -0.335 e. The van der Waals surface area contributed by atoms with E-state index < -0.39 is 0 Å². The number of fused-ring (bicyclic) bond motifs is 3. The van der Waals surface area contributed by atoms with Crippen molar-refractivity contribution in [1.29, 1.82) is 0 Å². The van der Waals surface area contributed by atoms with E-state index in [4.69, 9.17) is 4.98 Å². The Labute approximate surface area is 151 Å². The normalized spacial score (nSPS) is 15.7. The van der Waals surface area contributed by atoms with Gasteiger partial charge in [0, 0.05) is 27.2 Å². The summed E-state index contributed by atoms with van der Waals surface area (Å²) < 4.78 is 4.61. The molecule has 0 fully saturated rings. The molecule has 7 nitrogen and oxygen atoms in total. The van der Waals surface area contributed by atoms with Crippen molar-refractivity contribution in [1.82, 2.24) is 18.7 Å². The Balaban J connectivity index is 1.96. The summed E-state index contributed by atoms with van der Waals surface area (Å²) in [6.45, 7) is 3.76. The van der Waals surface area contributed by atoms with E-state index in [1.807, 2.05) is 22.8 Å². The number of nitrogens with zero attached hydrogens (tertiary/aromatic N) is 5. The topological polar surface area (TPSA) is 65.1 Å². The number of hydrogen-bond donors (Lipinski definition) is 0. The second-order valence-corrected chi connectivity index (χ2v) is 6.93. The number of anilines is 1. The van der Waals surface area contributed by atoms with Crippen LogP contribution in [0.1, 0.15) is 31.4 Å². The zero-order chi connectivity index (χ0) is 18.4. The highest BCUT2D eigenvalue weighted by atomic mass is 16.2. The average Bonchev–Trinajstić information content (AvgIpc) is 2.92. The van der Waals surface area contributed by atoms with Crippen LogP contribution in [-0.4, -0.2) is 25.2 Å². The van der Waals surface area contributed by atoms with Crippen molar-refractivity contribution in [3.8, 4) is 0 Å². The Bertz CT molecular complexity index is 1080. The summed E-state index contributed by atoms with van der Waals surface area (Å²) in [6, 6.07) is 10.4. The van der Waals surface area contributed by atoms with Gasteiger partial charge in [-0.2, -0.15) is 4.98 Å². The van der Waals surface area contributed by atoms with Crippen molar-refractivity contribution in [2.45, 2.75) is 32.4 Å². The quantitative estimate of drug-likeness (QED) is 0.705. The van der Waals surface area contributed by atoms with E-state index in [2.05, 4.69) is 24.0 Å². The number of aryl methyl sites for hydroxylation is 2. The molecule has 0 saturated carbocycles. The van der Waals surface area contributed by atoms with Crippen LogP contribution in [0, 0.1) is 0 Å². The van der Waals surface area contributed by atoms with Gasteiger partial charge in [0.25, 0.3) is 5.56 Å². The molecular weight excluding hydrogens is 330 g/mol. The third kappa shape index (κ3) is 2.38. The molecular formula is C19H23N5O2. The summed E-state index contributed by atoms with van der Waals surface area (Å²) in [5, 5.41) is 0. The highest BCUT2D eigenvalue weighted by molar-refractivity contribution is 5.74. The standard InChI is InChI=1S/C19H23N5O2/c1-13(14-9-5-4-6-10-14)23-11-7-8-12-24-15-16(20-18(23)24)21(2)19(26)22(3)17(15)25/h4-6,9-10,13H,7-8,11-12H2,1-3H3. The van der Waals surface area contributed by atoms with Gasteiger partial charge in [0.15, 0.2) is 11.2 Å². The van der Waals surface area contributed by atoms with Gasteiger partial charge in [-0.1, -0.05) is 30.3 Å². The SMILES string of the molecule is CC(c1ccccc1)N1CCCCn2c1nc1c2c(=O)n(C)c(=O)n1C. The summed E-state index contributed by atoms with van der Waals surface area (Å²) in [6.07, 6.45) is 2.01. The first-order valence-corrected chi connectivity index (χ1v) is 8.98. The van der Waals surface area contributed by atoms with Crippen LogP contribution in [0.3, 0.4) is 0 Å². The van der Waals surface area contributed by atoms with Gasteiger partial charge < -0.3 is 9.47 Å². The van der Waals surface area contributed by atoms with Gasteiger partial charge in [-0.25, -0.2) is 4.79 Å².